The maximum absolute atomic E-state index is 13.4. The number of amides is 2. The van der Waals surface area contributed by atoms with Gasteiger partial charge in [-0.05, 0) is 42.8 Å². The molecule has 2 rings (SSSR count). The summed E-state index contributed by atoms with van der Waals surface area (Å²) in [6.45, 7) is 1.78. The van der Waals surface area contributed by atoms with Crippen molar-refractivity contribution in [2.24, 2.45) is 0 Å². The number of nitrogens with two attached hydrogens (primary N) is 1. The number of nitrogen functional groups attached to an aromatic ring is 1. The minimum Gasteiger partial charge on any atom is -0.399 e. The molecule has 2 amide bonds. The number of hydrogen-bond donors (Lipinski definition) is 3. The van der Waals surface area contributed by atoms with Crippen molar-refractivity contribution in [1.29, 1.82) is 0 Å². The second-order valence-electron chi connectivity index (χ2n) is 4.28. The molecule has 2 aromatic carbocycles. The summed E-state index contributed by atoms with van der Waals surface area (Å²) in [7, 11) is 0. The number of anilines is 3. The van der Waals surface area contributed by atoms with Crippen LogP contribution >= 0.6 is 0 Å². The van der Waals surface area contributed by atoms with Gasteiger partial charge < -0.3 is 16.4 Å². The van der Waals surface area contributed by atoms with E-state index in [-0.39, 0.29) is 5.69 Å². The predicted octanol–water partition coefficient (Wildman–Crippen LogP) is 3.50. The largest absolute Gasteiger partial charge is 0.399 e. The Morgan fingerprint density at radius 3 is 2.35 bits per heavy atom. The molecule has 20 heavy (non-hydrogen) atoms. The molecule has 0 saturated carbocycles. The van der Waals surface area contributed by atoms with E-state index in [0.29, 0.717) is 17.4 Å². The van der Waals surface area contributed by atoms with Crippen LogP contribution in [0.5, 0.6) is 0 Å². The second-order valence-corrected chi connectivity index (χ2v) is 4.28. The van der Waals surface area contributed by atoms with E-state index in [1.54, 1.807) is 25.1 Å². The molecule has 0 aromatic heterocycles. The summed E-state index contributed by atoms with van der Waals surface area (Å²) in [5.74, 6) is -1.54. The summed E-state index contributed by atoms with van der Waals surface area (Å²) in [6.07, 6.45) is 0. The van der Waals surface area contributed by atoms with Gasteiger partial charge in [-0.2, -0.15) is 0 Å². The van der Waals surface area contributed by atoms with Crippen molar-refractivity contribution >= 4 is 23.1 Å². The van der Waals surface area contributed by atoms with Crippen LogP contribution in [0.25, 0.3) is 0 Å². The summed E-state index contributed by atoms with van der Waals surface area (Å²) >= 11 is 0. The number of carbonyl (C=O) groups excluding carboxylic acids is 1. The van der Waals surface area contributed by atoms with Crippen molar-refractivity contribution in [3.63, 3.8) is 0 Å². The number of carbonyl (C=O) groups is 1. The van der Waals surface area contributed by atoms with Crippen molar-refractivity contribution in [3.05, 3.63) is 53.6 Å². The molecule has 0 fully saturated rings. The molecule has 0 atom stereocenters. The summed E-state index contributed by atoms with van der Waals surface area (Å²) in [5.41, 5.74) is 7.42. The lowest BCUT2D eigenvalue weighted by atomic mass is 10.2. The van der Waals surface area contributed by atoms with Crippen molar-refractivity contribution in [3.8, 4) is 0 Å². The molecule has 0 unspecified atom stereocenters. The van der Waals surface area contributed by atoms with Gasteiger partial charge in [-0.15, -0.1) is 0 Å². The molecule has 0 aliphatic heterocycles. The van der Waals surface area contributed by atoms with E-state index in [0.717, 1.165) is 17.7 Å². The first-order valence-electron chi connectivity index (χ1n) is 5.85. The number of hydrogen-bond acceptors (Lipinski definition) is 2. The Morgan fingerprint density at radius 2 is 1.70 bits per heavy atom. The van der Waals surface area contributed by atoms with Gasteiger partial charge in [0.05, 0.1) is 5.69 Å². The fourth-order valence-electron chi connectivity index (χ4n) is 1.69. The number of halogens is 2. The first kappa shape index (κ1) is 13.8. The van der Waals surface area contributed by atoms with Gasteiger partial charge in [-0.25, -0.2) is 13.6 Å². The molecule has 4 N–H and O–H groups in total. The van der Waals surface area contributed by atoms with Crippen LogP contribution in [-0.2, 0) is 0 Å². The summed E-state index contributed by atoms with van der Waals surface area (Å²) in [6, 6.07) is 7.28. The molecule has 0 spiro atoms. The highest BCUT2D eigenvalue weighted by molar-refractivity contribution is 6.00. The highest BCUT2D eigenvalue weighted by atomic mass is 19.1. The highest BCUT2D eigenvalue weighted by Crippen LogP contribution is 2.19. The lowest BCUT2D eigenvalue weighted by molar-refractivity contribution is 0.262. The number of benzene rings is 2. The smallest absolute Gasteiger partial charge is 0.323 e. The molecule has 0 radical (unpaired) electrons. The molecule has 0 saturated heterocycles. The summed E-state index contributed by atoms with van der Waals surface area (Å²) in [5, 5.41) is 4.87. The Labute approximate surface area is 114 Å². The molecule has 2 aromatic rings. The molecule has 104 valence electrons. The van der Waals surface area contributed by atoms with Crippen molar-refractivity contribution < 1.29 is 13.6 Å². The third-order valence-corrected chi connectivity index (χ3v) is 2.68. The van der Waals surface area contributed by atoms with Crippen LogP contribution in [0.4, 0.5) is 30.6 Å². The Morgan fingerprint density at radius 1 is 1.05 bits per heavy atom. The van der Waals surface area contributed by atoms with Gasteiger partial charge in [0, 0.05) is 17.4 Å². The molecule has 0 aliphatic carbocycles. The van der Waals surface area contributed by atoms with Crippen molar-refractivity contribution in [2.45, 2.75) is 6.92 Å². The van der Waals surface area contributed by atoms with Crippen LogP contribution in [0.15, 0.2) is 36.4 Å². The average Bonchev–Trinajstić information content (AvgIpc) is 2.36. The van der Waals surface area contributed by atoms with Crippen LogP contribution in [0.2, 0.25) is 0 Å². The first-order chi connectivity index (χ1) is 9.45. The monoisotopic (exact) mass is 277 g/mol. The number of nitrogens with one attached hydrogen (secondary N) is 2. The van der Waals surface area contributed by atoms with Crippen molar-refractivity contribution in [2.75, 3.05) is 16.4 Å². The number of urea groups is 1. The maximum atomic E-state index is 13.4. The third kappa shape index (κ3) is 3.23. The first-order valence-corrected chi connectivity index (χ1v) is 5.85. The normalized spacial score (nSPS) is 10.2. The highest BCUT2D eigenvalue weighted by Gasteiger charge is 2.09. The number of aryl methyl sites for hydroxylation is 1. The fraction of sp³-hybridized carbons (Fsp3) is 0.0714. The van der Waals surface area contributed by atoms with Crippen LogP contribution in [0, 0.1) is 18.6 Å². The van der Waals surface area contributed by atoms with Gasteiger partial charge in [-0.1, -0.05) is 0 Å². The zero-order valence-electron chi connectivity index (χ0n) is 10.7. The van der Waals surface area contributed by atoms with Gasteiger partial charge in [0.15, 0.2) is 0 Å². The molecular weight excluding hydrogens is 264 g/mol. The van der Waals surface area contributed by atoms with Gasteiger partial charge in [0.1, 0.15) is 11.6 Å². The average molecular weight is 277 g/mol. The zero-order chi connectivity index (χ0) is 14.7. The molecule has 0 bridgehead atoms. The van der Waals surface area contributed by atoms with Crippen LogP contribution < -0.4 is 16.4 Å². The Bertz CT molecular complexity index is 603. The van der Waals surface area contributed by atoms with Crippen LogP contribution in [-0.4, -0.2) is 6.03 Å². The van der Waals surface area contributed by atoms with E-state index >= 15 is 0 Å². The van der Waals surface area contributed by atoms with Gasteiger partial charge in [-0.3, -0.25) is 0 Å². The lowest BCUT2D eigenvalue weighted by Gasteiger charge is -2.11. The standard InChI is InChI=1S/C14H13F2N3O/c1-8-6-10(17)3-5-12(8)18-14(20)19-13-4-2-9(15)7-11(13)16/h2-7H,17H2,1H3,(H2,18,19,20). The molecule has 0 aliphatic rings. The van der Waals surface area contributed by atoms with Crippen molar-refractivity contribution in [1.82, 2.24) is 0 Å². The van der Waals surface area contributed by atoms with E-state index in [1.165, 1.54) is 0 Å². The van der Waals surface area contributed by atoms with E-state index in [1.807, 2.05) is 0 Å². The molecular formula is C14H13F2N3O. The minimum absolute atomic E-state index is 0.100. The Hall–Kier alpha value is -2.63. The summed E-state index contributed by atoms with van der Waals surface area (Å²) in [4.78, 5) is 11.7. The fourth-order valence-corrected chi connectivity index (χ4v) is 1.69. The van der Waals surface area contributed by atoms with Crippen LogP contribution in [0.1, 0.15) is 5.56 Å². The number of rotatable bonds is 2. The van der Waals surface area contributed by atoms with Crippen LogP contribution in [0.3, 0.4) is 0 Å². The second kappa shape index (κ2) is 5.56. The van der Waals surface area contributed by atoms with Gasteiger partial charge in [0.25, 0.3) is 0 Å². The predicted molar refractivity (Wildman–Crippen MR) is 74.6 cm³/mol. The molecule has 6 heteroatoms. The SMILES string of the molecule is Cc1cc(N)ccc1NC(=O)Nc1ccc(F)cc1F. The topological polar surface area (TPSA) is 67.1 Å². The van der Waals surface area contributed by atoms with E-state index < -0.39 is 17.7 Å². The molecule has 0 heterocycles. The zero-order valence-corrected chi connectivity index (χ0v) is 10.7. The van der Waals surface area contributed by atoms with E-state index in [4.69, 9.17) is 5.73 Å². The quantitative estimate of drug-likeness (QED) is 0.735. The Kier molecular flexibility index (Phi) is 3.84. The van der Waals surface area contributed by atoms with E-state index in [2.05, 4.69) is 10.6 Å². The summed E-state index contributed by atoms with van der Waals surface area (Å²) < 4.78 is 26.1. The Balaban J connectivity index is 2.09. The third-order valence-electron chi connectivity index (χ3n) is 2.68. The van der Waals surface area contributed by atoms with Gasteiger partial charge in [0.2, 0.25) is 0 Å². The minimum atomic E-state index is -0.839. The molecule has 4 nitrogen and oxygen atoms in total. The van der Waals surface area contributed by atoms with Gasteiger partial charge >= 0.3 is 6.03 Å². The lowest BCUT2D eigenvalue weighted by Crippen LogP contribution is -2.20. The van der Waals surface area contributed by atoms with E-state index in [9.17, 15) is 13.6 Å². The maximum Gasteiger partial charge on any atom is 0.323 e.